The van der Waals surface area contributed by atoms with Crippen molar-refractivity contribution >= 4 is 11.8 Å². The van der Waals surface area contributed by atoms with E-state index in [2.05, 4.69) is 6.07 Å². The molecule has 2 aromatic rings. The van der Waals surface area contributed by atoms with Gasteiger partial charge in [-0.3, -0.25) is 9.59 Å². The van der Waals surface area contributed by atoms with Gasteiger partial charge in [-0.05, 0) is 17.7 Å². The lowest BCUT2D eigenvalue weighted by molar-refractivity contribution is -0.133. The van der Waals surface area contributed by atoms with E-state index in [1.165, 1.54) is 0 Å². The molecular weight excluding hydrogens is 318 g/mol. The number of morpholine rings is 1. The molecule has 1 fully saturated rings. The maximum Gasteiger partial charge on any atom is 0.254 e. The van der Waals surface area contributed by atoms with Gasteiger partial charge < -0.3 is 15.4 Å². The SMILES string of the molecule is N#Cc1ccccc1-c1ccccc1C(=O)N1CCOC(C(N)=O)C1. The third-order valence-corrected chi connectivity index (χ3v) is 4.17. The molecule has 0 bridgehead atoms. The third kappa shape index (κ3) is 3.37. The molecule has 0 aromatic heterocycles. The van der Waals surface area contributed by atoms with Crippen molar-refractivity contribution in [2.24, 2.45) is 5.73 Å². The second-order valence-electron chi connectivity index (χ2n) is 5.72. The summed E-state index contributed by atoms with van der Waals surface area (Å²) in [6.45, 7) is 0.773. The van der Waals surface area contributed by atoms with E-state index in [9.17, 15) is 14.9 Å². The number of carbonyl (C=O) groups is 2. The van der Waals surface area contributed by atoms with E-state index < -0.39 is 12.0 Å². The minimum atomic E-state index is -0.795. The lowest BCUT2D eigenvalue weighted by Crippen LogP contribution is -2.50. The van der Waals surface area contributed by atoms with Crippen LogP contribution in [0.1, 0.15) is 15.9 Å². The van der Waals surface area contributed by atoms with E-state index in [0.717, 1.165) is 0 Å². The van der Waals surface area contributed by atoms with E-state index >= 15 is 0 Å². The summed E-state index contributed by atoms with van der Waals surface area (Å²) in [5.74, 6) is -0.793. The number of ether oxygens (including phenoxy) is 1. The van der Waals surface area contributed by atoms with Crippen molar-refractivity contribution in [3.63, 3.8) is 0 Å². The van der Waals surface area contributed by atoms with Crippen LogP contribution in [0.2, 0.25) is 0 Å². The highest BCUT2D eigenvalue weighted by atomic mass is 16.5. The Morgan fingerprint density at radius 1 is 1.12 bits per heavy atom. The van der Waals surface area contributed by atoms with E-state index in [-0.39, 0.29) is 19.1 Å². The Kier molecular flexibility index (Phi) is 4.78. The van der Waals surface area contributed by atoms with E-state index in [0.29, 0.717) is 28.8 Å². The monoisotopic (exact) mass is 335 g/mol. The van der Waals surface area contributed by atoms with Crippen LogP contribution in [0.15, 0.2) is 48.5 Å². The molecular formula is C19H17N3O3. The summed E-state index contributed by atoms with van der Waals surface area (Å²) in [7, 11) is 0. The van der Waals surface area contributed by atoms with Gasteiger partial charge in [0.2, 0.25) is 5.91 Å². The number of hydrogen-bond donors (Lipinski definition) is 1. The topological polar surface area (TPSA) is 96.4 Å². The standard InChI is InChI=1S/C19H17N3O3/c20-11-13-5-1-2-6-14(13)15-7-3-4-8-16(15)19(24)22-9-10-25-17(12-22)18(21)23/h1-8,17H,9-10,12H2,(H2,21,23). The first-order chi connectivity index (χ1) is 12.1. The van der Waals surface area contributed by atoms with Gasteiger partial charge in [-0.15, -0.1) is 0 Å². The Hall–Kier alpha value is -3.17. The number of carbonyl (C=O) groups excluding carboxylic acids is 2. The molecule has 2 N–H and O–H groups in total. The van der Waals surface area contributed by atoms with Gasteiger partial charge in [-0.25, -0.2) is 0 Å². The first-order valence-electron chi connectivity index (χ1n) is 7.90. The Morgan fingerprint density at radius 2 is 1.80 bits per heavy atom. The fraction of sp³-hybridized carbons (Fsp3) is 0.211. The lowest BCUT2D eigenvalue weighted by atomic mass is 9.95. The predicted octanol–water partition coefficient (Wildman–Crippen LogP) is 1.55. The largest absolute Gasteiger partial charge is 0.367 e. The predicted molar refractivity (Wildman–Crippen MR) is 91.4 cm³/mol. The molecule has 1 saturated heterocycles. The molecule has 2 aromatic carbocycles. The van der Waals surface area contributed by atoms with Crippen LogP contribution in [0, 0.1) is 11.3 Å². The van der Waals surface area contributed by atoms with Crippen molar-refractivity contribution in [3.05, 3.63) is 59.7 Å². The molecule has 25 heavy (non-hydrogen) atoms. The number of benzene rings is 2. The van der Waals surface area contributed by atoms with Crippen LogP contribution in [0.4, 0.5) is 0 Å². The minimum absolute atomic E-state index is 0.127. The molecule has 1 unspecified atom stereocenters. The second-order valence-corrected chi connectivity index (χ2v) is 5.72. The molecule has 6 nitrogen and oxygen atoms in total. The highest BCUT2D eigenvalue weighted by Gasteiger charge is 2.29. The van der Waals surface area contributed by atoms with Gasteiger partial charge in [0.25, 0.3) is 5.91 Å². The first kappa shape index (κ1) is 16.7. The normalized spacial score (nSPS) is 16.9. The van der Waals surface area contributed by atoms with Crippen molar-refractivity contribution in [1.29, 1.82) is 5.26 Å². The van der Waals surface area contributed by atoms with Crippen LogP contribution >= 0.6 is 0 Å². The second kappa shape index (κ2) is 7.16. The van der Waals surface area contributed by atoms with Crippen LogP contribution in [0.5, 0.6) is 0 Å². The van der Waals surface area contributed by atoms with Crippen molar-refractivity contribution in [2.75, 3.05) is 19.7 Å². The number of primary amides is 1. The highest BCUT2D eigenvalue weighted by molar-refractivity contribution is 6.01. The summed E-state index contributed by atoms with van der Waals surface area (Å²) in [5.41, 5.74) is 7.66. The quantitative estimate of drug-likeness (QED) is 0.920. The first-order valence-corrected chi connectivity index (χ1v) is 7.90. The maximum absolute atomic E-state index is 13.0. The van der Waals surface area contributed by atoms with Crippen molar-refractivity contribution in [3.8, 4) is 17.2 Å². The van der Waals surface area contributed by atoms with Crippen LogP contribution in [-0.4, -0.2) is 42.5 Å². The zero-order chi connectivity index (χ0) is 17.8. The van der Waals surface area contributed by atoms with Crippen LogP contribution in [0.25, 0.3) is 11.1 Å². The fourth-order valence-electron chi connectivity index (χ4n) is 2.90. The van der Waals surface area contributed by atoms with Gasteiger partial charge in [-0.1, -0.05) is 36.4 Å². The number of amides is 2. The van der Waals surface area contributed by atoms with Crippen molar-refractivity contribution < 1.29 is 14.3 Å². The van der Waals surface area contributed by atoms with Crippen LogP contribution in [-0.2, 0) is 9.53 Å². The van der Waals surface area contributed by atoms with Crippen LogP contribution < -0.4 is 5.73 Å². The van der Waals surface area contributed by atoms with Gasteiger partial charge >= 0.3 is 0 Å². The average Bonchev–Trinajstić information content (AvgIpc) is 2.67. The molecule has 1 heterocycles. The molecule has 1 aliphatic rings. The molecule has 1 atom stereocenters. The number of nitrogens with zero attached hydrogens (tertiary/aromatic N) is 2. The van der Waals surface area contributed by atoms with Crippen molar-refractivity contribution in [1.82, 2.24) is 4.90 Å². The van der Waals surface area contributed by atoms with Gasteiger partial charge in [-0.2, -0.15) is 5.26 Å². The Balaban J connectivity index is 1.97. The molecule has 0 aliphatic carbocycles. The van der Waals surface area contributed by atoms with Gasteiger partial charge in [0.15, 0.2) is 6.10 Å². The molecule has 0 radical (unpaired) electrons. The highest BCUT2D eigenvalue weighted by Crippen LogP contribution is 2.28. The number of hydrogen-bond acceptors (Lipinski definition) is 4. The third-order valence-electron chi connectivity index (χ3n) is 4.17. The fourth-order valence-corrected chi connectivity index (χ4v) is 2.90. The van der Waals surface area contributed by atoms with Gasteiger partial charge in [0.05, 0.1) is 24.8 Å². The molecule has 3 rings (SSSR count). The number of rotatable bonds is 3. The Morgan fingerprint density at radius 3 is 2.52 bits per heavy atom. The summed E-state index contributed by atoms with van der Waals surface area (Å²) in [6, 6.07) is 16.4. The molecule has 1 aliphatic heterocycles. The summed E-state index contributed by atoms with van der Waals surface area (Å²) in [6.07, 6.45) is -0.795. The number of nitriles is 1. The molecule has 6 heteroatoms. The maximum atomic E-state index is 13.0. The molecule has 0 saturated carbocycles. The van der Waals surface area contributed by atoms with E-state index in [4.69, 9.17) is 10.5 Å². The molecule has 2 amide bonds. The summed E-state index contributed by atoms with van der Waals surface area (Å²) >= 11 is 0. The minimum Gasteiger partial charge on any atom is -0.367 e. The summed E-state index contributed by atoms with van der Waals surface area (Å²) in [5, 5.41) is 9.34. The van der Waals surface area contributed by atoms with E-state index in [1.807, 2.05) is 24.3 Å². The zero-order valence-corrected chi connectivity index (χ0v) is 13.5. The Labute approximate surface area is 145 Å². The lowest BCUT2D eigenvalue weighted by Gasteiger charge is -2.32. The van der Waals surface area contributed by atoms with Crippen molar-refractivity contribution in [2.45, 2.75) is 6.10 Å². The number of nitrogens with two attached hydrogens (primary N) is 1. The molecule has 0 spiro atoms. The van der Waals surface area contributed by atoms with Gasteiger partial charge in [0.1, 0.15) is 0 Å². The molecule has 126 valence electrons. The zero-order valence-electron chi connectivity index (χ0n) is 13.5. The summed E-state index contributed by atoms with van der Waals surface area (Å²) < 4.78 is 5.30. The van der Waals surface area contributed by atoms with Gasteiger partial charge in [0, 0.05) is 17.7 Å². The van der Waals surface area contributed by atoms with E-state index in [1.54, 1.807) is 29.2 Å². The Bertz CT molecular complexity index is 857. The average molecular weight is 335 g/mol. The van der Waals surface area contributed by atoms with Crippen LogP contribution in [0.3, 0.4) is 0 Å². The smallest absolute Gasteiger partial charge is 0.254 e. The summed E-state index contributed by atoms with van der Waals surface area (Å²) in [4.78, 5) is 25.9.